The van der Waals surface area contributed by atoms with Crippen LogP contribution in [0.1, 0.15) is 10.4 Å². The van der Waals surface area contributed by atoms with Gasteiger partial charge >= 0.3 is 5.97 Å². The predicted octanol–water partition coefficient (Wildman–Crippen LogP) is 6.04. The van der Waals surface area contributed by atoms with Crippen molar-refractivity contribution in [2.45, 2.75) is 0 Å². The third kappa shape index (κ3) is 6.17. The number of phenols is 1. The van der Waals surface area contributed by atoms with Crippen LogP contribution in [-0.4, -0.2) is 50.8 Å². The van der Waals surface area contributed by atoms with Gasteiger partial charge in [0.15, 0.2) is 13.5 Å². The average Bonchev–Trinajstić information content (AvgIpc) is 3.05. The van der Waals surface area contributed by atoms with Gasteiger partial charge in [-0.25, -0.2) is 4.79 Å². The fraction of sp³-hybridized carbons (Fsp3) is 0.207. The number of anilines is 1. The Hall–Kier alpha value is -5.65. The van der Waals surface area contributed by atoms with E-state index in [1.54, 1.807) is 18.2 Å². The van der Waals surface area contributed by atoms with Gasteiger partial charge in [0.2, 0.25) is 0 Å². The maximum atomic E-state index is 12.8. The molecule has 4 aromatic carbocycles. The van der Waals surface area contributed by atoms with Gasteiger partial charge in [0.25, 0.3) is 0 Å². The molecule has 0 radical (unpaired) electrons. The van der Waals surface area contributed by atoms with Gasteiger partial charge in [-0.05, 0) is 52.3 Å². The molecule has 1 saturated heterocycles. The first-order valence-electron chi connectivity index (χ1n) is 13.1. The molecule has 0 amide bonds. The van der Waals surface area contributed by atoms with Gasteiger partial charge in [-0.3, -0.25) is 0 Å². The van der Waals surface area contributed by atoms with Crippen molar-refractivity contribution in [1.82, 2.24) is 0 Å². The highest BCUT2D eigenvalue weighted by Gasteiger charge is 2.25. The zero-order valence-corrected chi connectivity index (χ0v) is 22.8. The smallest absolute Gasteiger partial charge is 0.357 e. The minimum atomic E-state index is -0.793. The molecular weight excluding hydrogens is 556 g/mol. The standard InChI is InChI=1S/C29H26N8O6/c30-35-33-16-41-19-6-7-20(27(12-19)42-17-34-36-31)21-13-22-23(14-25(21)37-8-10-40-11-9-37)28(18-4-2-1-3-5-18)24(15-26(22)38)29(39)43-32/h1-7,12-15,38H,8-11,16-17,32H2. The highest BCUT2D eigenvalue weighted by molar-refractivity contribution is 6.12. The van der Waals surface area contributed by atoms with Gasteiger partial charge < -0.3 is 29.1 Å². The summed E-state index contributed by atoms with van der Waals surface area (Å²) in [5, 5.41) is 19.2. The number of rotatable bonds is 10. The summed E-state index contributed by atoms with van der Waals surface area (Å²) in [6, 6.07) is 19.4. The number of phenolic OH excluding ortho intramolecular Hbond substituents is 1. The van der Waals surface area contributed by atoms with E-state index in [2.05, 4.69) is 29.8 Å². The number of fused-ring (bicyclic) bond motifs is 1. The summed E-state index contributed by atoms with van der Waals surface area (Å²) in [4.78, 5) is 25.0. The van der Waals surface area contributed by atoms with Crippen molar-refractivity contribution in [1.29, 1.82) is 0 Å². The van der Waals surface area contributed by atoms with Crippen molar-refractivity contribution in [3.05, 3.63) is 93.2 Å². The molecule has 1 fully saturated rings. The third-order valence-corrected chi connectivity index (χ3v) is 6.91. The lowest BCUT2D eigenvalue weighted by atomic mass is 9.89. The molecule has 4 aromatic rings. The van der Waals surface area contributed by atoms with E-state index in [-0.39, 0.29) is 24.8 Å². The number of hydrogen-bond acceptors (Lipinski definition) is 10. The normalized spacial score (nSPS) is 12.6. The van der Waals surface area contributed by atoms with Gasteiger partial charge in [0.1, 0.15) is 17.2 Å². The van der Waals surface area contributed by atoms with Crippen molar-refractivity contribution in [2.75, 3.05) is 44.7 Å². The Bertz CT molecular complexity index is 1750. The monoisotopic (exact) mass is 582 g/mol. The van der Waals surface area contributed by atoms with E-state index in [0.717, 1.165) is 11.3 Å². The summed E-state index contributed by atoms with van der Waals surface area (Å²) in [6.07, 6.45) is 0. The molecule has 1 aliphatic heterocycles. The Morgan fingerprint density at radius 3 is 2.35 bits per heavy atom. The van der Waals surface area contributed by atoms with E-state index < -0.39 is 5.97 Å². The maximum absolute atomic E-state index is 12.8. The number of benzene rings is 4. The zero-order valence-electron chi connectivity index (χ0n) is 22.8. The van der Waals surface area contributed by atoms with Crippen LogP contribution in [-0.2, 0) is 9.57 Å². The highest BCUT2D eigenvalue weighted by Crippen LogP contribution is 2.46. The molecular formula is C29H26N8O6. The van der Waals surface area contributed by atoms with Crippen molar-refractivity contribution in [2.24, 2.45) is 16.1 Å². The molecule has 0 spiro atoms. The van der Waals surface area contributed by atoms with Gasteiger partial charge in [0, 0.05) is 56.7 Å². The van der Waals surface area contributed by atoms with Crippen molar-refractivity contribution >= 4 is 22.4 Å². The maximum Gasteiger partial charge on any atom is 0.357 e. The van der Waals surface area contributed by atoms with Gasteiger partial charge in [-0.1, -0.05) is 40.6 Å². The second kappa shape index (κ2) is 13.3. The molecule has 218 valence electrons. The van der Waals surface area contributed by atoms with Crippen LogP contribution in [0.25, 0.3) is 53.9 Å². The molecule has 5 rings (SSSR count). The molecule has 0 bridgehead atoms. The molecule has 14 nitrogen and oxygen atoms in total. The topological polar surface area (TPSA) is 201 Å². The third-order valence-electron chi connectivity index (χ3n) is 6.91. The van der Waals surface area contributed by atoms with Gasteiger partial charge in [-0.15, -0.1) is 0 Å². The summed E-state index contributed by atoms with van der Waals surface area (Å²) in [5.41, 5.74) is 20.9. The summed E-state index contributed by atoms with van der Waals surface area (Å²) < 4.78 is 16.9. The summed E-state index contributed by atoms with van der Waals surface area (Å²) in [5.74, 6) is 5.01. The average molecular weight is 583 g/mol. The van der Waals surface area contributed by atoms with Crippen LogP contribution in [0.4, 0.5) is 5.69 Å². The first kappa shape index (κ1) is 28.9. The Morgan fingerprint density at radius 1 is 0.930 bits per heavy atom. The highest BCUT2D eigenvalue weighted by atomic mass is 16.7. The number of hydrogen-bond donors (Lipinski definition) is 2. The molecule has 0 atom stereocenters. The number of nitrogens with two attached hydrogens (primary N) is 1. The number of ether oxygens (including phenoxy) is 3. The molecule has 43 heavy (non-hydrogen) atoms. The lowest BCUT2D eigenvalue weighted by Crippen LogP contribution is -2.36. The summed E-state index contributed by atoms with van der Waals surface area (Å²) >= 11 is 0. The van der Waals surface area contributed by atoms with Crippen LogP contribution in [0.5, 0.6) is 17.2 Å². The van der Waals surface area contributed by atoms with E-state index in [1.807, 2.05) is 42.5 Å². The first-order chi connectivity index (χ1) is 21.0. The van der Waals surface area contributed by atoms with Crippen LogP contribution in [0.2, 0.25) is 0 Å². The van der Waals surface area contributed by atoms with Crippen molar-refractivity contribution in [3.63, 3.8) is 0 Å². The Kier molecular flexibility index (Phi) is 8.96. The number of nitrogens with zero attached hydrogens (tertiary/aromatic N) is 7. The van der Waals surface area contributed by atoms with Crippen LogP contribution >= 0.6 is 0 Å². The number of azide groups is 2. The SMILES string of the molecule is [N-]=[N+]=NCOc1ccc(-c2cc3c(O)cc(C(=O)ON)c(-c4ccccc4)c3cc2N2CCOCC2)c(OCN=[N+]=[N-])c1. The molecule has 0 aliphatic carbocycles. The molecule has 1 aliphatic rings. The van der Waals surface area contributed by atoms with Crippen LogP contribution in [0, 0.1) is 0 Å². The number of aromatic hydroxyl groups is 1. The Morgan fingerprint density at radius 2 is 1.65 bits per heavy atom. The molecule has 0 unspecified atom stereocenters. The summed E-state index contributed by atoms with van der Waals surface area (Å²) in [6.45, 7) is 1.64. The second-order valence-corrected chi connectivity index (χ2v) is 9.27. The van der Waals surface area contributed by atoms with E-state index in [9.17, 15) is 9.90 Å². The molecule has 0 saturated carbocycles. The van der Waals surface area contributed by atoms with Gasteiger partial charge in [0.05, 0.1) is 18.8 Å². The lowest BCUT2D eigenvalue weighted by molar-refractivity contribution is 0.0504. The molecule has 1 heterocycles. The predicted molar refractivity (Wildman–Crippen MR) is 158 cm³/mol. The fourth-order valence-electron chi connectivity index (χ4n) is 5.05. The zero-order chi connectivity index (χ0) is 30.2. The molecule has 3 N–H and O–H groups in total. The minimum Gasteiger partial charge on any atom is -0.507 e. The molecule has 0 aromatic heterocycles. The first-order valence-corrected chi connectivity index (χ1v) is 13.1. The van der Waals surface area contributed by atoms with Crippen molar-refractivity contribution in [3.8, 4) is 39.5 Å². The lowest BCUT2D eigenvalue weighted by Gasteiger charge is -2.32. The van der Waals surface area contributed by atoms with Crippen LogP contribution in [0.3, 0.4) is 0 Å². The fourth-order valence-corrected chi connectivity index (χ4v) is 5.05. The van der Waals surface area contributed by atoms with Gasteiger partial charge in [-0.2, -0.15) is 5.90 Å². The minimum absolute atomic E-state index is 0.110. The van der Waals surface area contributed by atoms with Crippen molar-refractivity contribution < 1.29 is 28.9 Å². The van der Waals surface area contributed by atoms with Crippen LogP contribution in [0.15, 0.2) is 77.0 Å². The summed E-state index contributed by atoms with van der Waals surface area (Å²) in [7, 11) is 0. The number of morpholine rings is 1. The van der Waals surface area contributed by atoms with E-state index >= 15 is 0 Å². The van der Waals surface area contributed by atoms with E-state index in [1.165, 1.54) is 6.07 Å². The Labute approximate surface area is 245 Å². The largest absolute Gasteiger partial charge is 0.507 e. The Balaban J connectivity index is 1.79. The molecule has 14 heteroatoms. The van der Waals surface area contributed by atoms with E-state index in [4.69, 9.17) is 31.2 Å². The quantitative estimate of drug-likeness (QED) is 0.0974. The number of carbonyl (C=O) groups excluding carboxylic acids is 1. The van der Waals surface area contributed by atoms with E-state index in [0.29, 0.717) is 65.3 Å². The second-order valence-electron chi connectivity index (χ2n) is 9.27. The number of carbonyl (C=O) groups is 1. The van der Waals surface area contributed by atoms with Crippen LogP contribution < -0.4 is 20.3 Å².